The van der Waals surface area contributed by atoms with E-state index in [2.05, 4.69) is 0 Å². The van der Waals surface area contributed by atoms with Gasteiger partial charge in [0.05, 0.1) is 0 Å². The number of amides is 1. The van der Waals surface area contributed by atoms with Gasteiger partial charge in [-0.25, -0.2) is 8.78 Å². The van der Waals surface area contributed by atoms with E-state index in [1.54, 1.807) is 0 Å². The molecule has 1 saturated heterocycles. The van der Waals surface area contributed by atoms with Gasteiger partial charge in [-0.05, 0) is 25.0 Å². The van der Waals surface area contributed by atoms with Crippen LogP contribution in [-0.4, -0.2) is 54.3 Å². The van der Waals surface area contributed by atoms with E-state index in [4.69, 9.17) is 14.6 Å². The van der Waals surface area contributed by atoms with E-state index in [0.29, 0.717) is 32.1 Å². The van der Waals surface area contributed by atoms with Crippen LogP contribution in [0, 0.1) is 11.6 Å². The Kier molecular flexibility index (Phi) is 5.86. The second-order valence-electron chi connectivity index (χ2n) is 5.12. The number of hydrogen-bond donors (Lipinski definition) is 1. The molecule has 1 aliphatic rings. The molecule has 126 valence electrons. The minimum Gasteiger partial charge on any atom is -0.481 e. The van der Waals surface area contributed by atoms with Crippen molar-refractivity contribution in [2.75, 3.05) is 26.4 Å². The van der Waals surface area contributed by atoms with E-state index < -0.39 is 36.7 Å². The number of hydrogen-bond acceptors (Lipinski definition) is 4. The van der Waals surface area contributed by atoms with Crippen molar-refractivity contribution in [1.82, 2.24) is 4.90 Å². The summed E-state index contributed by atoms with van der Waals surface area (Å²) in [6.07, 6.45) is 1.06. The third-order valence-electron chi connectivity index (χ3n) is 3.50. The Balaban J connectivity index is 2.00. The molecule has 1 fully saturated rings. The molecule has 0 bridgehead atoms. The van der Waals surface area contributed by atoms with Crippen molar-refractivity contribution in [3.8, 4) is 5.75 Å². The van der Waals surface area contributed by atoms with E-state index in [1.165, 1.54) is 4.90 Å². The summed E-state index contributed by atoms with van der Waals surface area (Å²) in [6, 6.07) is 2.48. The zero-order valence-electron chi connectivity index (χ0n) is 12.3. The van der Waals surface area contributed by atoms with E-state index in [9.17, 15) is 18.4 Å². The summed E-state index contributed by atoms with van der Waals surface area (Å²) in [7, 11) is 0. The second-order valence-corrected chi connectivity index (χ2v) is 5.12. The number of rotatable bonds is 6. The zero-order chi connectivity index (χ0) is 16.8. The summed E-state index contributed by atoms with van der Waals surface area (Å²) in [5, 5.41) is 8.96. The summed E-state index contributed by atoms with van der Waals surface area (Å²) in [6.45, 7) is -0.0883. The van der Waals surface area contributed by atoms with Crippen LogP contribution in [0.2, 0.25) is 0 Å². The van der Waals surface area contributed by atoms with E-state index in [0.717, 1.165) is 12.1 Å². The first kappa shape index (κ1) is 17.1. The topological polar surface area (TPSA) is 76.1 Å². The van der Waals surface area contributed by atoms with Crippen LogP contribution in [-0.2, 0) is 14.3 Å². The van der Waals surface area contributed by atoms with Crippen LogP contribution in [0.5, 0.6) is 5.75 Å². The third kappa shape index (κ3) is 4.88. The predicted octanol–water partition coefficient (Wildman–Crippen LogP) is 1.44. The van der Waals surface area contributed by atoms with Gasteiger partial charge in [-0.2, -0.15) is 0 Å². The Morgan fingerprint density at radius 3 is 2.61 bits per heavy atom. The van der Waals surface area contributed by atoms with Crippen LogP contribution in [0.15, 0.2) is 18.2 Å². The van der Waals surface area contributed by atoms with Gasteiger partial charge in [0.25, 0.3) is 5.91 Å². The van der Waals surface area contributed by atoms with Gasteiger partial charge in [0, 0.05) is 25.3 Å². The molecular weight excluding hydrogens is 312 g/mol. The number of carbonyl (C=O) groups excluding carboxylic acids is 1. The lowest BCUT2D eigenvalue weighted by atomic mass is 10.1. The number of aliphatic carboxylic acids is 1. The summed E-state index contributed by atoms with van der Waals surface area (Å²) in [5.41, 5.74) is 0. The molecule has 0 unspecified atom stereocenters. The van der Waals surface area contributed by atoms with Crippen LogP contribution >= 0.6 is 0 Å². The molecule has 0 atom stereocenters. The van der Waals surface area contributed by atoms with Gasteiger partial charge in [0.15, 0.2) is 18.2 Å². The van der Waals surface area contributed by atoms with Crippen molar-refractivity contribution >= 4 is 11.9 Å². The fraction of sp³-hybridized carbons (Fsp3) is 0.467. The van der Waals surface area contributed by atoms with Crippen LogP contribution in [0.4, 0.5) is 8.78 Å². The quantitative estimate of drug-likeness (QED) is 0.854. The highest BCUT2D eigenvalue weighted by Gasteiger charge is 2.28. The molecule has 1 N–H and O–H groups in total. The molecule has 1 aliphatic heterocycles. The highest BCUT2D eigenvalue weighted by molar-refractivity contribution is 5.82. The molecule has 6 nitrogen and oxygen atoms in total. The number of benzene rings is 1. The molecule has 0 radical (unpaired) electrons. The van der Waals surface area contributed by atoms with Gasteiger partial charge < -0.3 is 19.5 Å². The van der Waals surface area contributed by atoms with E-state index >= 15 is 0 Å². The first-order valence-electron chi connectivity index (χ1n) is 7.14. The predicted molar refractivity (Wildman–Crippen MR) is 75.0 cm³/mol. The Morgan fingerprint density at radius 1 is 1.30 bits per heavy atom. The third-order valence-corrected chi connectivity index (χ3v) is 3.50. The molecule has 8 heteroatoms. The van der Waals surface area contributed by atoms with Crippen molar-refractivity contribution < 1.29 is 33.0 Å². The lowest BCUT2D eigenvalue weighted by Gasteiger charge is -2.33. The Morgan fingerprint density at radius 2 is 2.00 bits per heavy atom. The van der Waals surface area contributed by atoms with Gasteiger partial charge in [-0.1, -0.05) is 0 Å². The number of carboxylic acid groups (broad SMARTS) is 1. The highest BCUT2D eigenvalue weighted by atomic mass is 19.1. The molecule has 2 rings (SSSR count). The lowest BCUT2D eigenvalue weighted by Crippen LogP contribution is -2.47. The van der Waals surface area contributed by atoms with Crippen molar-refractivity contribution in [2.45, 2.75) is 18.9 Å². The number of ether oxygens (including phenoxy) is 2. The van der Waals surface area contributed by atoms with Crippen molar-refractivity contribution in [2.24, 2.45) is 0 Å². The maximum atomic E-state index is 13.5. The minimum atomic E-state index is -1.14. The largest absolute Gasteiger partial charge is 0.481 e. The minimum absolute atomic E-state index is 0.256. The van der Waals surface area contributed by atoms with E-state index in [1.807, 2.05) is 0 Å². The lowest BCUT2D eigenvalue weighted by molar-refractivity contribution is -0.148. The molecule has 0 aliphatic carbocycles. The maximum absolute atomic E-state index is 13.5. The average molecular weight is 329 g/mol. The maximum Gasteiger partial charge on any atom is 0.323 e. The molecule has 1 aromatic rings. The van der Waals surface area contributed by atoms with Crippen LogP contribution < -0.4 is 4.74 Å². The van der Waals surface area contributed by atoms with Crippen molar-refractivity contribution in [3.63, 3.8) is 0 Å². The zero-order valence-corrected chi connectivity index (χ0v) is 12.3. The Labute approximate surface area is 131 Å². The smallest absolute Gasteiger partial charge is 0.323 e. The SMILES string of the molecule is O=C(O)CN(C(=O)COc1ccc(F)cc1F)C1CCOCC1. The first-order valence-corrected chi connectivity index (χ1v) is 7.14. The summed E-state index contributed by atoms with van der Waals surface area (Å²) < 4.78 is 36.5. The molecule has 1 aromatic carbocycles. The summed E-state index contributed by atoms with van der Waals surface area (Å²) in [4.78, 5) is 24.4. The monoisotopic (exact) mass is 329 g/mol. The van der Waals surface area contributed by atoms with Gasteiger partial charge >= 0.3 is 5.97 Å². The molecule has 0 spiro atoms. The molecule has 23 heavy (non-hydrogen) atoms. The van der Waals surface area contributed by atoms with Gasteiger partial charge in [0.2, 0.25) is 0 Å². The standard InChI is InChI=1S/C15H17F2NO5/c16-10-1-2-13(12(17)7-10)23-9-14(19)18(8-15(20)21)11-3-5-22-6-4-11/h1-2,7,11H,3-6,8-9H2,(H,20,21). The fourth-order valence-corrected chi connectivity index (χ4v) is 2.38. The van der Waals surface area contributed by atoms with Gasteiger partial charge in [-0.15, -0.1) is 0 Å². The first-order chi connectivity index (χ1) is 11.0. The van der Waals surface area contributed by atoms with Crippen LogP contribution in [0.3, 0.4) is 0 Å². The molecule has 0 aromatic heterocycles. The highest BCUT2D eigenvalue weighted by Crippen LogP contribution is 2.19. The summed E-state index contributed by atoms with van der Waals surface area (Å²) >= 11 is 0. The molecule has 1 heterocycles. The Hall–Kier alpha value is -2.22. The summed E-state index contributed by atoms with van der Waals surface area (Å²) in [5.74, 6) is -3.65. The fourth-order valence-electron chi connectivity index (χ4n) is 2.38. The molecular formula is C15H17F2NO5. The van der Waals surface area contributed by atoms with Gasteiger partial charge in [0.1, 0.15) is 12.4 Å². The van der Waals surface area contributed by atoms with Crippen molar-refractivity contribution in [1.29, 1.82) is 0 Å². The van der Waals surface area contributed by atoms with Crippen LogP contribution in [0.1, 0.15) is 12.8 Å². The van der Waals surface area contributed by atoms with Crippen molar-refractivity contribution in [3.05, 3.63) is 29.8 Å². The molecule has 1 amide bonds. The van der Waals surface area contributed by atoms with E-state index in [-0.39, 0.29) is 11.8 Å². The number of halogens is 2. The molecule has 0 saturated carbocycles. The Bertz CT molecular complexity index is 575. The van der Waals surface area contributed by atoms with Crippen LogP contribution in [0.25, 0.3) is 0 Å². The number of nitrogens with zero attached hydrogens (tertiary/aromatic N) is 1. The average Bonchev–Trinajstić information content (AvgIpc) is 2.52. The normalized spacial score (nSPS) is 15.2. The second kappa shape index (κ2) is 7.87. The number of carbonyl (C=O) groups is 2. The van der Waals surface area contributed by atoms with Gasteiger partial charge in [-0.3, -0.25) is 9.59 Å². The number of carboxylic acids is 1.